The van der Waals surface area contributed by atoms with E-state index in [2.05, 4.69) is 46.5 Å². The molecule has 7 heteroatoms. The van der Waals surface area contributed by atoms with Gasteiger partial charge in [0.1, 0.15) is 6.54 Å². The Bertz CT molecular complexity index is 536. The van der Waals surface area contributed by atoms with E-state index < -0.39 is 0 Å². The number of hydrogen-bond donors (Lipinski definition) is 2. The summed E-state index contributed by atoms with van der Waals surface area (Å²) in [5.74, 6) is 2.13. The fourth-order valence-corrected chi connectivity index (χ4v) is 3.29. The normalized spacial score (nSPS) is 16.1. The molecular weight excluding hydrogens is 342 g/mol. The first-order valence-corrected chi connectivity index (χ1v) is 10.5. The Morgan fingerprint density at radius 2 is 1.96 bits per heavy atom. The van der Waals surface area contributed by atoms with Crippen LogP contribution in [0.3, 0.4) is 0 Å². The molecule has 1 aromatic heterocycles. The van der Waals surface area contributed by atoms with Crippen molar-refractivity contribution in [2.24, 2.45) is 4.99 Å². The molecule has 154 valence electrons. The van der Waals surface area contributed by atoms with Gasteiger partial charge in [0.15, 0.2) is 11.7 Å². The van der Waals surface area contributed by atoms with Crippen molar-refractivity contribution in [3.63, 3.8) is 0 Å². The molecule has 2 rings (SSSR count). The zero-order chi connectivity index (χ0) is 19.3. The molecule has 0 radical (unpaired) electrons. The lowest BCUT2D eigenvalue weighted by atomic mass is 9.99. The second kappa shape index (κ2) is 12.7. The summed E-state index contributed by atoms with van der Waals surface area (Å²) in [6.07, 6.45) is 4.48. The van der Waals surface area contributed by atoms with Crippen LogP contribution in [0.5, 0.6) is 0 Å². The minimum absolute atomic E-state index is 0.476. The van der Waals surface area contributed by atoms with Crippen molar-refractivity contribution in [1.29, 1.82) is 0 Å². The zero-order valence-electron chi connectivity index (χ0n) is 17.3. The number of aliphatic imine (C=N–C) groups is 1. The molecule has 0 unspecified atom stereocenters. The lowest BCUT2D eigenvalue weighted by Crippen LogP contribution is -2.39. The van der Waals surface area contributed by atoms with Gasteiger partial charge in [-0.1, -0.05) is 19.0 Å². The molecule has 1 aliphatic heterocycles. The van der Waals surface area contributed by atoms with Gasteiger partial charge in [-0.2, -0.15) is 0 Å². The Morgan fingerprint density at radius 1 is 1.19 bits per heavy atom. The molecule has 0 aromatic carbocycles. The van der Waals surface area contributed by atoms with E-state index in [-0.39, 0.29) is 0 Å². The van der Waals surface area contributed by atoms with Crippen molar-refractivity contribution in [3.05, 3.63) is 17.5 Å². The van der Waals surface area contributed by atoms with Crippen LogP contribution in [0.4, 0.5) is 0 Å². The zero-order valence-corrected chi connectivity index (χ0v) is 17.3. The molecule has 1 aliphatic rings. The summed E-state index contributed by atoms with van der Waals surface area (Å²) >= 11 is 0. The van der Waals surface area contributed by atoms with Crippen LogP contribution in [0.25, 0.3) is 0 Å². The van der Waals surface area contributed by atoms with Gasteiger partial charge in [0.05, 0.1) is 18.9 Å². The number of nitrogens with one attached hydrogen (secondary N) is 2. The quantitative estimate of drug-likeness (QED) is 0.350. The van der Waals surface area contributed by atoms with E-state index in [1.54, 1.807) is 0 Å². The maximum absolute atomic E-state index is 5.46. The highest BCUT2D eigenvalue weighted by Crippen LogP contribution is 2.22. The Labute approximate surface area is 163 Å². The van der Waals surface area contributed by atoms with Crippen LogP contribution in [0.15, 0.2) is 15.6 Å². The van der Waals surface area contributed by atoms with Crippen molar-refractivity contribution in [2.45, 2.75) is 58.9 Å². The SMILES string of the molecule is CCNC(=NCc1cc(C(CC)CC)no1)NCCCCN1CCOCC1. The standard InChI is InChI=1S/C20H37N5O2/c1-4-17(5-2)19-15-18(27-24-19)16-23-20(21-6-3)22-9-7-8-10-25-11-13-26-14-12-25/h15,17H,4-14,16H2,1-3H3,(H2,21,22,23). The minimum Gasteiger partial charge on any atom is -0.379 e. The number of hydrogen-bond acceptors (Lipinski definition) is 5. The van der Waals surface area contributed by atoms with Crippen molar-refractivity contribution in [3.8, 4) is 0 Å². The van der Waals surface area contributed by atoms with Crippen LogP contribution < -0.4 is 10.6 Å². The number of guanidine groups is 1. The third-order valence-electron chi connectivity index (χ3n) is 5.02. The molecule has 0 atom stereocenters. The molecule has 1 saturated heterocycles. The van der Waals surface area contributed by atoms with Gasteiger partial charge in [0.25, 0.3) is 0 Å². The Morgan fingerprint density at radius 3 is 2.67 bits per heavy atom. The molecule has 27 heavy (non-hydrogen) atoms. The number of aromatic nitrogens is 1. The van der Waals surface area contributed by atoms with E-state index in [1.165, 1.54) is 6.42 Å². The number of morpholine rings is 1. The van der Waals surface area contributed by atoms with Crippen LogP contribution in [-0.4, -0.2) is 62.0 Å². The van der Waals surface area contributed by atoms with Gasteiger partial charge >= 0.3 is 0 Å². The van der Waals surface area contributed by atoms with Gasteiger partial charge in [-0.3, -0.25) is 4.90 Å². The molecule has 7 nitrogen and oxygen atoms in total. The minimum atomic E-state index is 0.476. The van der Waals surface area contributed by atoms with Crippen LogP contribution in [0.1, 0.15) is 63.8 Å². The molecule has 1 fully saturated rings. The molecule has 2 heterocycles. The van der Waals surface area contributed by atoms with E-state index in [0.717, 1.165) is 82.6 Å². The summed E-state index contributed by atoms with van der Waals surface area (Å²) in [7, 11) is 0. The summed E-state index contributed by atoms with van der Waals surface area (Å²) in [6, 6.07) is 2.05. The Hall–Kier alpha value is -1.60. The highest BCUT2D eigenvalue weighted by Gasteiger charge is 2.13. The van der Waals surface area contributed by atoms with E-state index in [0.29, 0.717) is 12.5 Å². The smallest absolute Gasteiger partial charge is 0.191 e. The second-order valence-corrected chi connectivity index (χ2v) is 7.01. The molecule has 0 bridgehead atoms. The van der Waals surface area contributed by atoms with Gasteiger partial charge in [-0.25, -0.2) is 4.99 Å². The predicted octanol–water partition coefficient (Wildman–Crippen LogP) is 2.75. The molecule has 0 spiro atoms. The van der Waals surface area contributed by atoms with Crippen LogP contribution in [0, 0.1) is 0 Å². The Kier molecular flexibility index (Phi) is 10.2. The highest BCUT2D eigenvalue weighted by atomic mass is 16.5. The molecule has 1 aromatic rings. The number of nitrogens with zero attached hydrogens (tertiary/aromatic N) is 3. The van der Waals surface area contributed by atoms with Crippen molar-refractivity contribution in [2.75, 3.05) is 45.9 Å². The number of rotatable bonds is 11. The third kappa shape index (κ3) is 7.89. The first kappa shape index (κ1) is 21.7. The predicted molar refractivity (Wildman–Crippen MR) is 109 cm³/mol. The van der Waals surface area contributed by atoms with Gasteiger partial charge < -0.3 is 19.9 Å². The van der Waals surface area contributed by atoms with E-state index in [9.17, 15) is 0 Å². The molecule has 0 amide bonds. The fraction of sp³-hybridized carbons (Fsp3) is 0.800. The summed E-state index contributed by atoms with van der Waals surface area (Å²) in [5.41, 5.74) is 1.05. The molecule has 0 aliphatic carbocycles. The van der Waals surface area contributed by atoms with Crippen molar-refractivity contribution >= 4 is 5.96 Å². The first-order valence-electron chi connectivity index (χ1n) is 10.5. The largest absolute Gasteiger partial charge is 0.379 e. The van der Waals surface area contributed by atoms with E-state index in [4.69, 9.17) is 9.26 Å². The van der Waals surface area contributed by atoms with E-state index >= 15 is 0 Å². The van der Waals surface area contributed by atoms with E-state index in [1.807, 2.05) is 6.07 Å². The van der Waals surface area contributed by atoms with Crippen molar-refractivity contribution in [1.82, 2.24) is 20.7 Å². The summed E-state index contributed by atoms with van der Waals surface area (Å²) in [6.45, 7) is 13.7. The first-order chi connectivity index (χ1) is 13.3. The maximum Gasteiger partial charge on any atom is 0.191 e. The third-order valence-corrected chi connectivity index (χ3v) is 5.02. The van der Waals surface area contributed by atoms with Crippen LogP contribution in [0.2, 0.25) is 0 Å². The van der Waals surface area contributed by atoms with Gasteiger partial charge in [-0.05, 0) is 39.2 Å². The monoisotopic (exact) mass is 379 g/mol. The number of ether oxygens (including phenoxy) is 1. The molecular formula is C20H37N5O2. The molecule has 2 N–H and O–H groups in total. The summed E-state index contributed by atoms with van der Waals surface area (Å²) in [5, 5.41) is 10.9. The highest BCUT2D eigenvalue weighted by molar-refractivity contribution is 5.79. The second-order valence-electron chi connectivity index (χ2n) is 7.01. The average molecular weight is 380 g/mol. The Balaban J connectivity index is 1.71. The fourth-order valence-electron chi connectivity index (χ4n) is 3.29. The van der Waals surface area contributed by atoms with Crippen LogP contribution in [-0.2, 0) is 11.3 Å². The van der Waals surface area contributed by atoms with Gasteiger partial charge in [0.2, 0.25) is 0 Å². The average Bonchev–Trinajstić information content (AvgIpc) is 3.16. The van der Waals surface area contributed by atoms with Gasteiger partial charge in [-0.15, -0.1) is 0 Å². The molecule has 0 saturated carbocycles. The number of unbranched alkanes of at least 4 members (excludes halogenated alkanes) is 1. The van der Waals surface area contributed by atoms with Gasteiger partial charge in [0, 0.05) is 38.2 Å². The summed E-state index contributed by atoms with van der Waals surface area (Å²) in [4.78, 5) is 7.11. The summed E-state index contributed by atoms with van der Waals surface area (Å²) < 4.78 is 10.8. The van der Waals surface area contributed by atoms with Crippen molar-refractivity contribution < 1.29 is 9.26 Å². The topological polar surface area (TPSA) is 74.9 Å². The van der Waals surface area contributed by atoms with Crippen LogP contribution >= 0.6 is 0 Å². The lowest BCUT2D eigenvalue weighted by Gasteiger charge is -2.26. The maximum atomic E-state index is 5.46. The lowest BCUT2D eigenvalue weighted by molar-refractivity contribution is 0.0372.